The molecule has 4 nitrogen and oxygen atoms in total. The number of nitrogens with one attached hydrogen (secondary N) is 1. The van der Waals surface area contributed by atoms with Gasteiger partial charge in [0.15, 0.2) is 6.61 Å². The van der Waals surface area contributed by atoms with Gasteiger partial charge in [-0.3, -0.25) is 9.59 Å². The molecule has 0 spiro atoms. The molecule has 0 bridgehead atoms. The maximum Gasteiger partial charge on any atom is 0.258 e. The number of benzene rings is 1. The quantitative estimate of drug-likeness (QED) is 0.608. The molecule has 1 aromatic carbocycles. The summed E-state index contributed by atoms with van der Waals surface area (Å²) in [6.07, 6.45) is 0. The largest absolute Gasteiger partial charge is 0.484 e. The molecule has 0 unspecified atom stereocenters. The number of hydrogen-bond acceptors (Lipinski definition) is 5. The monoisotopic (exact) mass is 391 g/mol. The van der Waals surface area contributed by atoms with E-state index in [0.29, 0.717) is 27.1 Å². The predicted octanol–water partition coefficient (Wildman–Crippen LogP) is 4.39. The highest BCUT2D eigenvalue weighted by molar-refractivity contribution is 7.16. The highest BCUT2D eigenvalue weighted by Crippen LogP contribution is 2.22. The van der Waals surface area contributed by atoms with Crippen LogP contribution in [-0.4, -0.2) is 18.3 Å². The summed E-state index contributed by atoms with van der Waals surface area (Å²) in [6.45, 7) is 0.291. The average molecular weight is 392 g/mol. The van der Waals surface area contributed by atoms with Crippen LogP contribution < -0.4 is 10.1 Å². The van der Waals surface area contributed by atoms with Crippen molar-refractivity contribution in [2.75, 3.05) is 6.61 Å². The highest BCUT2D eigenvalue weighted by atomic mass is 35.5. The molecule has 7 heteroatoms. The number of halogens is 1. The molecule has 1 amide bonds. The summed E-state index contributed by atoms with van der Waals surface area (Å²) >= 11 is 8.60. The lowest BCUT2D eigenvalue weighted by Gasteiger charge is -2.06. The Hall–Kier alpha value is -2.15. The van der Waals surface area contributed by atoms with Crippen LogP contribution in [0.1, 0.15) is 19.4 Å². The van der Waals surface area contributed by atoms with Crippen LogP contribution in [0.3, 0.4) is 0 Å². The van der Waals surface area contributed by atoms with Gasteiger partial charge in [0.2, 0.25) is 5.78 Å². The van der Waals surface area contributed by atoms with Crippen molar-refractivity contribution in [3.8, 4) is 5.75 Å². The van der Waals surface area contributed by atoms with E-state index in [1.165, 1.54) is 22.7 Å². The van der Waals surface area contributed by atoms with Crippen LogP contribution >= 0.6 is 34.3 Å². The van der Waals surface area contributed by atoms with Crippen LogP contribution in [0.25, 0.3) is 0 Å². The van der Waals surface area contributed by atoms with Crippen molar-refractivity contribution in [3.05, 3.63) is 73.6 Å². The van der Waals surface area contributed by atoms with Crippen molar-refractivity contribution < 1.29 is 14.3 Å². The van der Waals surface area contributed by atoms with Gasteiger partial charge in [-0.15, -0.1) is 22.7 Å². The molecule has 25 heavy (non-hydrogen) atoms. The van der Waals surface area contributed by atoms with E-state index in [4.69, 9.17) is 16.3 Å². The molecule has 0 aliphatic rings. The molecule has 0 fully saturated rings. The summed E-state index contributed by atoms with van der Waals surface area (Å²) in [6, 6.07) is 14.1. The van der Waals surface area contributed by atoms with E-state index in [1.807, 2.05) is 23.6 Å². The van der Waals surface area contributed by atoms with Crippen molar-refractivity contribution in [1.29, 1.82) is 0 Å². The highest BCUT2D eigenvalue weighted by Gasteiger charge is 2.13. The molecule has 2 heterocycles. The van der Waals surface area contributed by atoms with Crippen molar-refractivity contribution in [2.24, 2.45) is 0 Å². The molecule has 1 N–H and O–H groups in total. The second-order valence-corrected chi connectivity index (χ2v) is 7.64. The summed E-state index contributed by atoms with van der Waals surface area (Å²) in [7, 11) is 0. The van der Waals surface area contributed by atoms with E-state index < -0.39 is 0 Å². The first kappa shape index (κ1) is 17.7. The second-order valence-electron chi connectivity index (χ2n) is 5.09. The number of hydrogen-bond donors (Lipinski definition) is 1. The van der Waals surface area contributed by atoms with E-state index >= 15 is 0 Å². The van der Waals surface area contributed by atoms with Gasteiger partial charge in [0, 0.05) is 9.90 Å². The van der Waals surface area contributed by atoms with Crippen LogP contribution in [0, 0.1) is 0 Å². The summed E-state index contributed by atoms with van der Waals surface area (Å²) in [4.78, 5) is 26.4. The van der Waals surface area contributed by atoms with Crippen molar-refractivity contribution >= 4 is 46.0 Å². The Morgan fingerprint density at radius 3 is 2.56 bits per heavy atom. The normalized spacial score (nSPS) is 10.4. The topological polar surface area (TPSA) is 55.4 Å². The van der Waals surface area contributed by atoms with Gasteiger partial charge in [-0.25, -0.2) is 0 Å². The van der Waals surface area contributed by atoms with Crippen molar-refractivity contribution in [2.45, 2.75) is 6.54 Å². The third kappa shape index (κ3) is 4.92. The number of carbonyl (C=O) groups is 2. The molecule has 0 saturated heterocycles. The van der Waals surface area contributed by atoms with Gasteiger partial charge in [0.25, 0.3) is 5.91 Å². The van der Waals surface area contributed by atoms with Gasteiger partial charge >= 0.3 is 0 Å². The van der Waals surface area contributed by atoms with Crippen LogP contribution in [0.15, 0.2) is 53.9 Å². The van der Waals surface area contributed by atoms with E-state index in [-0.39, 0.29) is 18.3 Å². The number of carbonyl (C=O) groups excluding carboxylic acids is 2. The first-order valence-corrected chi connectivity index (χ1v) is 9.51. The Labute approximate surface area is 158 Å². The second kappa shape index (κ2) is 8.29. The minimum Gasteiger partial charge on any atom is -0.484 e. The fourth-order valence-electron chi connectivity index (χ4n) is 2.04. The van der Waals surface area contributed by atoms with Gasteiger partial charge in [0.1, 0.15) is 5.75 Å². The van der Waals surface area contributed by atoms with E-state index in [9.17, 15) is 9.59 Å². The predicted molar refractivity (Wildman–Crippen MR) is 101 cm³/mol. The lowest BCUT2D eigenvalue weighted by molar-refractivity contribution is -0.123. The zero-order chi connectivity index (χ0) is 17.6. The minimum atomic E-state index is -0.227. The number of thiophene rings is 2. The number of amides is 1. The zero-order valence-corrected chi connectivity index (χ0v) is 15.4. The molecular formula is C18H14ClNO3S2. The molecule has 3 rings (SSSR count). The van der Waals surface area contributed by atoms with Gasteiger partial charge in [-0.05, 0) is 47.8 Å². The molecule has 0 radical (unpaired) electrons. The molecular weight excluding hydrogens is 378 g/mol. The maximum absolute atomic E-state index is 12.2. The number of ether oxygens (including phenoxy) is 1. The third-order valence-electron chi connectivity index (χ3n) is 3.27. The standard InChI is InChI=1S/C18H14ClNO3S2/c19-12-3-5-13(6-4-12)23-11-17(21)20-10-14-7-8-16(25-14)18(22)15-2-1-9-24-15/h1-9H,10-11H2,(H,20,21). The third-order valence-corrected chi connectivity index (χ3v) is 5.48. The molecule has 0 aliphatic heterocycles. The summed E-state index contributed by atoms with van der Waals surface area (Å²) in [5.74, 6) is 0.373. The smallest absolute Gasteiger partial charge is 0.258 e. The van der Waals surface area contributed by atoms with Gasteiger partial charge in [0.05, 0.1) is 16.3 Å². The maximum atomic E-state index is 12.2. The van der Waals surface area contributed by atoms with Gasteiger partial charge in [-0.1, -0.05) is 17.7 Å². The van der Waals surface area contributed by atoms with Crippen LogP contribution in [0.4, 0.5) is 0 Å². The van der Waals surface area contributed by atoms with Crippen LogP contribution in [-0.2, 0) is 11.3 Å². The van der Waals surface area contributed by atoms with Crippen LogP contribution in [0.2, 0.25) is 5.02 Å². The first-order chi connectivity index (χ1) is 12.1. The fraction of sp³-hybridized carbons (Fsp3) is 0.111. The molecule has 0 atom stereocenters. The summed E-state index contributed by atoms with van der Waals surface area (Å²) < 4.78 is 5.38. The zero-order valence-electron chi connectivity index (χ0n) is 13.0. The average Bonchev–Trinajstić information content (AvgIpc) is 3.30. The molecule has 2 aromatic heterocycles. The Kier molecular flexibility index (Phi) is 5.86. The van der Waals surface area contributed by atoms with E-state index in [1.54, 1.807) is 30.3 Å². The lowest BCUT2D eigenvalue weighted by atomic mass is 10.3. The molecule has 128 valence electrons. The Bertz CT molecular complexity index is 857. The number of ketones is 1. The fourth-order valence-corrected chi connectivity index (χ4v) is 3.81. The Balaban J connectivity index is 1.47. The van der Waals surface area contributed by atoms with Gasteiger partial charge in [-0.2, -0.15) is 0 Å². The Morgan fingerprint density at radius 2 is 1.84 bits per heavy atom. The SMILES string of the molecule is O=C(COc1ccc(Cl)cc1)NCc1ccc(C(=O)c2cccs2)s1. The van der Waals surface area contributed by atoms with E-state index in [2.05, 4.69) is 5.32 Å². The minimum absolute atomic E-state index is 0.0173. The van der Waals surface area contributed by atoms with Gasteiger partial charge < -0.3 is 10.1 Å². The molecule has 0 aliphatic carbocycles. The van der Waals surface area contributed by atoms with E-state index in [0.717, 1.165) is 4.88 Å². The van der Waals surface area contributed by atoms with Crippen molar-refractivity contribution in [3.63, 3.8) is 0 Å². The lowest BCUT2D eigenvalue weighted by Crippen LogP contribution is -2.28. The number of rotatable bonds is 7. The first-order valence-electron chi connectivity index (χ1n) is 7.44. The van der Waals surface area contributed by atoms with Crippen LogP contribution in [0.5, 0.6) is 5.75 Å². The summed E-state index contributed by atoms with van der Waals surface area (Å²) in [5, 5.41) is 5.27. The summed E-state index contributed by atoms with van der Waals surface area (Å²) in [5.41, 5.74) is 0. The molecule has 0 saturated carbocycles. The Morgan fingerprint density at radius 1 is 1.04 bits per heavy atom. The van der Waals surface area contributed by atoms with Crippen molar-refractivity contribution in [1.82, 2.24) is 5.32 Å². The molecule has 3 aromatic rings.